The Morgan fingerprint density at radius 1 is 1.12 bits per heavy atom. The average molecular weight is 557 g/mol. The van der Waals surface area contributed by atoms with E-state index in [0.717, 1.165) is 5.69 Å². The van der Waals surface area contributed by atoms with E-state index in [1.807, 2.05) is 49.3 Å². The van der Waals surface area contributed by atoms with Gasteiger partial charge in [0.1, 0.15) is 17.7 Å². The standard InChI is InChI=1S/C29H28N6O4S/c1-4-19(16-20-18-39-26-7-5-6-25-27(26)28(20)33-34-29(25)36)17-30-40(37,38)24-14-10-22(11-15-24)32-31-21-8-12-23(13-9-21)35(2)3/h4,6,8-16,18,30H,1,5,7,17H2,2-3H3,(H,34,36)/b19-16+,32-31?. The molecule has 40 heavy (non-hydrogen) atoms. The Morgan fingerprint density at radius 2 is 1.80 bits per heavy atom. The van der Waals surface area contributed by atoms with Crippen LogP contribution in [0.25, 0.3) is 17.4 Å². The average Bonchev–Trinajstić information content (AvgIpc) is 2.97. The monoisotopic (exact) mass is 556 g/mol. The smallest absolute Gasteiger partial charge is 0.271 e. The zero-order valence-corrected chi connectivity index (χ0v) is 22.9. The van der Waals surface area contributed by atoms with Crippen molar-refractivity contribution in [2.75, 3.05) is 25.5 Å². The van der Waals surface area contributed by atoms with E-state index in [1.165, 1.54) is 12.1 Å². The number of aromatic nitrogens is 2. The van der Waals surface area contributed by atoms with Crippen LogP contribution in [0.15, 0.2) is 99.0 Å². The molecule has 0 bridgehead atoms. The van der Waals surface area contributed by atoms with Gasteiger partial charge in [0, 0.05) is 38.3 Å². The summed E-state index contributed by atoms with van der Waals surface area (Å²) in [7, 11) is 0.102. The van der Waals surface area contributed by atoms with Gasteiger partial charge in [-0.2, -0.15) is 15.3 Å². The Hall–Kier alpha value is -4.61. The minimum Gasteiger partial charge on any atom is -0.468 e. The number of anilines is 1. The van der Waals surface area contributed by atoms with E-state index in [9.17, 15) is 13.2 Å². The van der Waals surface area contributed by atoms with E-state index >= 15 is 0 Å². The van der Waals surface area contributed by atoms with Crippen molar-refractivity contribution in [2.24, 2.45) is 10.2 Å². The quantitative estimate of drug-likeness (QED) is 0.307. The van der Waals surface area contributed by atoms with Gasteiger partial charge in [0.05, 0.1) is 26.7 Å². The number of H-pyrrole nitrogens is 1. The van der Waals surface area contributed by atoms with E-state index in [2.05, 4.69) is 31.7 Å². The zero-order chi connectivity index (χ0) is 28.3. The second kappa shape index (κ2) is 11.2. The van der Waals surface area contributed by atoms with Crippen LogP contribution in [-0.2, 0) is 14.8 Å². The Balaban J connectivity index is 1.28. The maximum atomic E-state index is 13.0. The zero-order valence-electron chi connectivity index (χ0n) is 22.1. The van der Waals surface area contributed by atoms with Gasteiger partial charge in [0.2, 0.25) is 10.0 Å². The van der Waals surface area contributed by atoms with Gasteiger partial charge in [-0.15, -0.1) is 0 Å². The lowest BCUT2D eigenvalue weighted by Gasteiger charge is -2.18. The van der Waals surface area contributed by atoms with Crippen molar-refractivity contribution < 1.29 is 13.2 Å². The van der Waals surface area contributed by atoms with Gasteiger partial charge in [0.25, 0.3) is 5.56 Å². The number of azo groups is 1. The number of benzene rings is 2. The van der Waals surface area contributed by atoms with Crippen molar-refractivity contribution >= 4 is 44.5 Å². The van der Waals surface area contributed by atoms with E-state index < -0.39 is 10.0 Å². The number of allylic oxidation sites excluding steroid dienone is 2. The van der Waals surface area contributed by atoms with Crippen molar-refractivity contribution in [3.05, 3.63) is 106 Å². The topological polar surface area (TPSA) is 129 Å². The normalized spacial score (nSPS) is 14.7. The van der Waals surface area contributed by atoms with E-state index in [4.69, 9.17) is 4.74 Å². The summed E-state index contributed by atoms with van der Waals surface area (Å²) < 4.78 is 34.3. The third-order valence-corrected chi connectivity index (χ3v) is 7.90. The third kappa shape index (κ3) is 5.70. The molecule has 11 heteroatoms. The van der Waals surface area contributed by atoms with Crippen LogP contribution in [0.5, 0.6) is 0 Å². The molecule has 0 unspecified atom stereocenters. The first-order valence-corrected chi connectivity index (χ1v) is 14.0. The number of sulfonamides is 1. The second-order valence-corrected chi connectivity index (χ2v) is 11.2. The van der Waals surface area contributed by atoms with Crippen molar-refractivity contribution in [3.63, 3.8) is 0 Å². The number of hydrogen-bond acceptors (Lipinski definition) is 8. The third-order valence-electron chi connectivity index (χ3n) is 6.48. The lowest BCUT2D eigenvalue weighted by Crippen LogP contribution is -2.47. The molecular formula is C29H28N6O4S. The van der Waals surface area contributed by atoms with Crippen molar-refractivity contribution in [1.29, 1.82) is 0 Å². The van der Waals surface area contributed by atoms with Gasteiger partial charge in [-0.1, -0.05) is 18.7 Å². The maximum absolute atomic E-state index is 13.0. The molecule has 3 aromatic rings. The van der Waals surface area contributed by atoms with Crippen LogP contribution >= 0.6 is 0 Å². The minimum absolute atomic E-state index is 0.0121. The minimum atomic E-state index is -3.82. The molecule has 2 aliphatic rings. The molecule has 1 aliphatic heterocycles. The van der Waals surface area contributed by atoms with E-state index in [0.29, 0.717) is 57.3 Å². The molecule has 2 N–H and O–H groups in total. The summed E-state index contributed by atoms with van der Waals surface area (Å²) in [6, 6.07) is 13.7. The Bertz CT molecular complexity index is 1840. The predicted molar refractivity (Wildman–Crippen MR) is 155 cm³/mol. The highest BCUT2D eigenvalue weighted by atomic mass is 32.2. The maximum Gasteiger partial charge on any atom is 0.271 e. The fourth-order valence-electron chi connectivity index (χ4n) is 4.30. The van der Waals surface area contributed by atoms with Gasteiger partial charge < -0.3 is 9.64 Å². The van der Waals surface area contributed by atoms with Crippen molar-refractivity contribution in [1.82, 2.24) is 14.9 Å². The van der Waals surface area contributed by atoms with E-state index in [1.54, 1.807) is 30.5 Å². The highest BCUT2D eigenvalue weighted by molar-refractivity contribution is 7.89. The number of hydrogen-bond donors (Lipinski definition) is 2. The van der Waals surface area contributed by atoms with Crippen LogP contribution in [0.3, 0.4) is 0 Å². The summed E-state index contributed by atoms with van der Waals surface area (Å²) in [5.74, 6) is 0.703. The number of nitrogens with zero attached hydrogens (tertiary/aromatic N) is 4. The lowest BCUT2D eigenvalue weighted by molar-refractivity contribution is 0.407. The number of rotatable bonds is 9. The fourth-order valence-corrected chi connectivity index (χ4v) is 5.32. The number of ether oxygens (including phenoxy) is 1. The number of aromatic amines is 1. The summed E-state index contributed by atoms with van der Waals surface area (Å²) >= 11 is 0. The highest BCUT2D eigenvalue weighted by Crippen LogP contribution is 2.24. The molecule has 2 aromatic carbocycles. The van der Waals surface area contributed by atoms with Crippen LogP contribution < -0.4 is 25.6 Å². The molecule has 1 aromatic heterocycles. The molecule has 0 amide bonds. The summed E-state index contributed by atoms with van der Waals surface area (Å²) in [6.07, 6.45) is 8.10. The summed E-state index contributed by atoms with van der Waals surface area (Å²) in [5, 5.41) is 16.4. The summed E-state index contributed by atoms with van der Waals surface area (Å²) in [5.41, 5.74) is 3.77. The first-order chi connectivity index (χ1) is 19.2. The molecule has 0 saturated carbocycles. The molecule has 0 spiro atoms. The molecule has 0 radical (unpaired) electrons. The molecule has 0 saturated heterocycles. The van der Waals surface area contributed by atoms with Crippen LogP contribution in [0.4, 0.5) is 17.1 Å². The second-order valence-electron chi connectivity index (χ2n) is 9.40. The number of nitrogens with one attached hydrogen (secondary N) is 2. The first kappa shape index (κ1) is 27.0. The Morgan fingerprint density at radius 3 is 2.45 bits per heavy atom. The Labute approximate surface area is 231 Å². The SMILES string of the molecule is C=C/C(=C\C1=COC2=c3c1n[nH]c(=O)c3=CCC2)CNS(=O)(=O)c1ccc(N=Nc2ccc(N(C)C)cc2)cc1. The largest absolute Gasteiger partial charge is 0.468 e. The summed E-state index contributed by atoms with van der Waals surface area (Å²) in [6.45, 7) is 3.80. The molecule has 2 heterocycles. The molecule has 0 fully saturated rings. The first-order valence-electron chi connectivity index (χ1n) is 12.6. The van der Waals surface area contributed by atoms with E-state index in [-0.39, 0.29) is 17.0 Å². The molecular weight excluding hydrogens is 528 g/mol. The van der Waals surface area contributed by atoms with Crippen LogP contribution in [0.2, 0.25) is 0 Å². The molecule has 5 rings (SSSR count). The molecule has 10 nitrogen and oxygen atoms in total. The van der Waals surface area contributed by atoms with Crippen molar-refractivity contribution in [3.8, 4) is 0 Å². The van der Waals surface area contributed by atoms with Crippen LogP contribution in [-0.4, -0.2) is 39.3 Å². The van der Waals surface area contributed by atoms with Gasteiger partial charge in [-0.25, -0.2) is 18.2 Å². The molecule has 0 atom stereocenters. The molecule has 204 valence electrons. The van der Waals surface area contributed by atoms with Gasteiger partial charge >= 0.3 is 0 Å². The highest BCUT2D eigenvalue weighted by Gasteiger charge is 2.20. The van der Waals surface area contributed by atoms with Gasteiger partial charge in [-0.05, 0) is 66.6 Å². The molecule has 1 aliphatic carbocycles. The van der Waals surface area contributed by atoms with Crippen LogP contribution in [0.1, 0.15) is 18.5 Å². The van der Waals surface area contributed by atoms with Gasteiger partial charge in [-0.3, -0.25) is 4.79 Å². The Kier molecular flexibility index (Phi) is 7.58. The van der Waals surface area contributed by atoms with Gasteiger partial charge in [0.15, 0.2) is 0 Å². The van der Waals surface area contributed by atoms with Crippen LogP contribution in [0, 0.1) is 0 Å². The lowest BCUT2D eigenvalue weighted by atomic mass is 10.00. The fraction of sp³-hybridized carbons (Fsp3) is 0.172. The van der Waals surface area contributed by atoms with Crippen molar-refractivity contribution in [2.45, 2.75) is 17.7 Å². The predicted octanol–water partition coefficient (Wildman–Crippen LogP) is 3.40. The summed E-state index contributed by atoms with van der Waals surface area (Å²) in [4.78, 5) is 14.3.